The predicted molar refractivity (Wildman–Crippen MR) is 96.7 cm³/mol. The quantitative estimate of drug-likeness (QED) is 0.458. The van der Waals surface area contributed by atoms with Gasteiger partial charge in [-0.15, -0.1) is 0 Å². The minimum atomic E-state index is 0.826. The van der Waals surface area contributed by atoms with Crippen LogP contribution in [0.25, 0.3) is 21.8 Å². The monoisotopic (exact) mass is 339 g/mol. The number of halogens is 1. The summed E-state index contributed by atoms with van der Waals surface area (Å²) < 4.78 is 3.55. The molecule has 0 saturated heterocycles. The molecule has 1 heterocycles. The van der Waals surface area contributed by atoms with E-state index < -0.39 is 0 Å². The summed E-state index contributed by atoms with van der Waals surface area (Å²) in [6.07, 6.45) is 5.11. The first kappa shape index (κ1) is 14.7. The van der Waals surface area contributed by atoms with Crippen LogP contribution in [0.1, 0.15) is 32.6 Å². The van der Waals surface area contributed by atoms with Gasteiger partial charge in [0.2, 0.25) is 0 Å². The van der Waals surface area contributed by atoms with E-state index in [0.29, 0.717) is 0 Å². The molecule has 0 N–H and O–H groups in total. The number of aryl methyl sites for hydroxylation is 1. The maximum absolute atomic E-state index is 5.98. The van der Waals surface area contributed by atoms with Crippen molar-refractivity contribution >= 4 is 51.0 Å². The summed E-state index contributed by atoms with van der Waals surface area (Å²) in [4.78, 5) is 0. The molecule has 0 bridgehead atoms. The van der Waals surface area contributed by atoms with Crippen LogP contribution < -0.4 is 5.46 Å². The summed E-state index contributed by atoms with van der Waals surface area (Å²) in [6.45, 7) is 3.33. The van der Waals surface area contributed by atoms with Crippen molar-refractivity contribution in [2.45, 2.75) is 39.2 Å². The maximum Gasteiger partial charge on any atom is 0.113 e. The molecule has 1 aromatic heterocycles. The van der Waals surface area contributed by atoms with Crippen LogP contribution in [-0.2, 0) is 6.54 Å². The lowest BCUT2D eigenvalue weighted by atomic mass is 9.94. The third-order valence-electron chi connectivity index (χ3n) is 4.09. The van der Waals surface area contributed by atoms with E-state index in [-0.39, 0.29) is 0 Å². The Balaban J connectivity index is 2.11. The lowest BCUT2D eigenvalue weighted by Gasteiger charge is -2.07. The van der Waals surface area contributed by atoms with E-state index in [4.69, 9.17) is 7.85 Å². The maximum atomic E-state index is 5.98. The highest BCUT2D eigenvalue weighted by Crippen LogP contribution is 2.31. The molecule has 0 spiro atoms. The summed E-state index contributed by atoms with van der Waals surface area (Å²) >= 11 is 3.58. The highest BCUT2D eigenvalue weighted by molar-refractivity contribution is 9.10. The Labute approximate surface area is 135 Å². The van der Waals surface area contributed by atoms with Crippen molar-refractivity contribution in [2.75, 3.05) is 0 Å². The normalized spacial score (nSPS) is 11.5. The Kier molecular flexibility index (Phi) is 4.39. The van der Waals surface area contributed by atoms with Crippen LogP contribution in [0.3, 0.4) is 0 Å². The number of nitrogens with zero attached hydrogens (tertiary/aromatic N) is 1. The zero-order valence-electron chi connectivity index (χ0n) is 12.4. The highest BCUT2D eigenvalue weighted by atomic mass is 79.9. The molecule has 0 aliphatic carbocycles. The zero-order chi connectivity index (χ0) is 14.8. The third-order valence-corrected chi connectivity index (χ3v) is 4.58. The smallest absolute Gasteiger partial charge is 0.113 e. The molecule has 1 nitrogen and oxygen atoms in total. The molecule has 106 valence electrons. The lowest BCUT2D eigenvalue weighted by Crippen LogP contribution is -2.01. The second-order valence-corrected chi connectivity index (χ2v) is 6.57. The molecule has 0 saturated carbocycles. The van der Waals surface area contributed by atoms with E-state index in [0.717, 1.165) is 16.5 Å². The second-order valence-electron chi connectivity index (χ2n) is 5.65. The first-order chi connectivity index (χ1) is 10.2. The Morgan fingerprint density at radius 3 is 2.43 bits per heavy atom. The van der Waals surface area contributed by atoms with Crippen LogP contribution in [0, 0.1) is 0 Å². The van der Waals surface area contributed by atoms with E-state index >= 15 is 0 Å². The fourth-order valence-electron chi connectivity index (χ4n) is 3.03. The first-order valence-corrected chi connectivity index (χ1v) is 8.47. The molecule has 0 atom stereocenters. The van der Waals surface area contributed by atoms with Crippen LogP contribution in [0.2, 0.25) is 0 Å². The standard InChI is InChI=1S/C18H19BBrN/c1-2-3-4-5-10-21-17-8-6-13(19)11-15(17)16-12-14(20)7-9-18(16)21/h6-9,11-12H,2-5,10H2,1H3. The summed E-state index contributed by atoms with van der Waals surface area (Å²) in [7, 11) is 5.98. The number of hydrogen-bond acceptors (Lipinski definition) is 0. The Hall–Kier alpha value is -1.22. The largest absolute Gasteiger partial charge is 0.340 e. The molecule has 2 radical (unpaired) electrons. The number of fused-ring (bicyclic) bond motifs is 3. The molecule has 0 fully saturated rings. The van der Waals surface area contributed by atoms with Gasteiger partial charge in [0.05, 0.1) is 0 Å². The fourth-order valence-corrected chi connectivity index (χ4v) is 3.39. The minimum Gasteiger partial charge on any atom is -0.340 e. The van der Waals surface area contributed by atoms with Gasteiger partial charge >= 0.3 is 0 Å². The van der Waals surface area contributed by atoms with Gasteiger partial charge in [0, 0.05) is 32.8 Å². The van der Waals surface area contributed by atoms with Crippen molar-refractivity contribution in [3.8, 4) is 0 Å². The SMILES string of the molecule is [B]c1ccc2c(c1)c1cc(Br)ccc1n2CCCCCC. The van der Waals surface area contributed by atoms with Gasteiger partial charge in [-0.25, -0.2) is 0 Å². The summed E-state index contributed by atoms with van der Waals surface area (Å²) in [5.41, 5.74) is 3.41. The minimum absolute atomic E-state index is 0.826. The number of hydrogen-bond donors (Lipinski definition) is 0. The van der Waals surface area contributed by atoms with Crippen LogP contribution in [0.5, 0.6) is 0 Å². The molecule has 3 aromatic rings. The van der Waals surface area contributed by atoms with Gasteiger partial charge in [-0.1, -0.05) is 59.7 Å². The van der Waals surface area contributed by atoms with Crippen molar-refractivity contribution < 1.29 is 0 Å². The number of benzene rings is 2. The third kappa shape index (κ3) is 2.89. The van der Waals surface area contributed by atoms with Crippen molar-refractivity contribution in [3.63, 3.8) is 0 Å². The van der Waals surface area contributed by atoms with Crippen molar-refractivity contribution in [1.29, 1.82) is 0 Å². The molecule has 21 heavy (non-hydrogen) atoms. The number of rotatable bonds is 5. The van der Waals surface area contributed by atoms with Crippen LogP contribution >= 0.6 is 15.9 Å². The molecule has 0 aliphatic rings. The lowest BCUT2D eigenvalue weighted by molar-refractivity contribution is 0.602. The molecule has 2 aromatic carbocycles. The van der Waals surface area contributed by atoms with Gasteiger partial charge in [0.1, 0.15) is 7.85 Å². The average molecular weight is 340 g/mol. The van der Waals surface area contributed by atoms with E-state index in [9.17, 15) is 0 Å². The summed E-state index contributed by atoms with van der Waals surface area (Å²) in [5.74, 6) is 0. The molecular weight excluding hydrogens is 321 g/mol. The van der Waals surface area contributed by atoms with Gasteiger partial charge in [0.15, 0.2) is 0 Å². The number of aromatic nitrogens is 1. The molecule has 3 heteroatoms. The van der Waals surface area contributed by atoms with Crippen LogP contribution in [0.4, 0.5) is 0 Å². The Morgan fingerprint density at radius 2 is 1.67 bits per heavy atom. The Bertz CT molecular complexity index is 716. The molecular formula is C18H19BBrN. The van der Waals surface area contributed by atoms with E-state index in [1.807, 2.05) is 6.07 Å². The predicted octanol–water partition coefficient (Wildman–Crippen LogP) is 4.93. The van der Waals surface area contributed by atoms with Crippen molar-refractivity contribution in [1.82, 2.24) is 4.57 Å². The average Bonchev–Trinajstić information content (AvgIpc) is 2.77. The van der Waals surface area contributed by atoms with E-state index in [1.165, 1.54) is 47.5 Å². The van der Waals surface area contributed by atoms with Gasteiger partial charge in [-0.3, -0.25) is 0 Å². The van der Waals surface area contributed by atoms with E-state index in [2.05, 4.69) is 57.8 Å². The van der Waals surface area contributed by atoms with Gasteiger partial charge in [0.25, 0.3) is 0 Å². The fraction of sp³-hybridized carbons (Fsp3) is 0.333. The topological polar surface area (TPSA) is 4.93 Å². The summed E-state index contributed by atoms with van der Waals surface area (Å²) in [5, 5.41) is 2.53. The van der Waals surface area contributed by atoms with Crippen molar-refractivity contribution in [3.05, 3.63) is 40.9 Å². The molecule has 3 rings (SSSR count). The van der Waals surface area contributed by atoms with Crippen LogP contribution in [-0.4, -0.2) is 12.4 Å². The first-order valence-electron chi connectivity index (χ1n) is 7.67. The Morgan fingerprint density at radius 1 is 0.952 bits per heavy atom. The van der Waals surface area contributed by atoms with Gasteiger partial charge < -0.3 is 4.57 Å². The highest BCUT2D eigenvalue weighted by Gasteiger charge is 2.10. The summed E-state index contributed by atoms with van der Waals surface area (Å²) in [6, 6.07) is 12.8. The van der Waals surface area contributed by atoms with Crippen molar-refractivity contribution in [2.24, 2.45) is 0 Å². The molecule has 0 unspecified atom stereocenters. The molecule has 0 amide bonds. The molecule has 0 aliphatic heterocycles. The van der Waals surface area contributed by atoms with E-state index in [1.54, 1.807) is 0 Å². The zero-order valence-corrected chi connectivity index (χ0v) is 14.0. The van der Waals surface area contributed by atoms with Gasteiger partial charge in [-0.05, 0) is 30.7 Å². The number of unbranched alkanes of at least 4 members (excludes halogenated alkanes) is 3. The van der Waals surface area contributed by atoms with Gasteiger partial charge in [-0.2, -0.15) is 0 Å². The second kappa shape index (κ2) is 6.27. The van der Waals surface area contributed by atoms with Crippen LogP contribution in [0.15, 0.2) is 40.9 Å².